The number of amides is 1. The van der Waals surface area contributed by atoms with Crippen LogP contribution in [0.15, 0.2) is 76.7 Å². The number of anilines is 1. The lowest BCUT2D eigenvalue weighted by Crippen LogP contribution is -2.59. The molecule has 1 amide bonds. The van der Waals surface area contributed by atoms with Crippen LogP contribution in [0.1, 0.15) is 12.1 Å². The average molecular weight is 674 g/mol. The molecular weight excluding hydrogens is 652 g/mol. The lowest BCUT2D eigenvalue weighted by molar-refractivity contribution is -0.125. The van der Waals surface area contributed by atoms with Crippen LogP contribution in [0.2, 0.25) is 0 Å². The minimum Gasteiger partial charge on any atom is -0.305 e. The summed E-state index contributed by atoms with van der Waals surface area (Å²) < 4.78 is 112. The van der Waals surface area contributed by atoms with Gasteiger partial charge in [0, 0.05) is 36.4 Å². The topological polar surface area (TPSA) is 105 Å². The first-order chi connectivity index (χ1) is 22.3. The zero-order valence-electron chi connectivity index (χ0n) is 24.1. The van der Waals surface area contributed by atoms with Crippen molar-refractivity contribution in [3.8, 4) is 11.1 Å². The summed E-state index contributed by atoms with van der Waals surface area (Å²) in [5, 5.41) is 4.57. The Kier molecular flexibility index (Phi) is 8.09. The Bertz CT molecular complexity index is 2200. The summed E-state index contributed by atoms with van der Waals surface area (Å²) in [6.07, 6.45) is 2.71. The van der Waals surface area contributed by atoms with Crippen LogP contribution in [-0.4, -0.2) is 46.0 Å². The van der Waals surface area contributed by atoms with Gasteiger partial charge in [0.1, 0.15) is 11.9 Å². The summed E-state index contributed by atoms with van der Waals surface area (Å²) in [5.41, 5.74) is 1.33. The molecule has 0 aliphatic carbocycles. The smallest absolute Gasteiger partial charge is 0.274 e. The predicted molar refractivity (Wildman–Crippen MR) is 156 cm³/mol. The number of carbonyl (C=O) groups is 1. The highest BCUT2D eigenvalue weighted by Crippen LogP contribution is 2.35. The molecule has 0 N–H and O–H groups in total. The molecule has 1 unspecified atom stereocenters. The summed E-state index contributed by atoms with van der Waals surface area (Å²) in [5.74, 6) is -13.8. The van der Waals surface area contributed by atoms with E-state index in [1.165, 1.54) is 49.8 Å². The van der Waals surface area contributed by atoms with Crippen molar-refractivity contribution in [2.75, 3.05) is 11.4 Å². The SMILES string of the molecule is Cn1ncc2cc(N(Cc3ccc(-c4ccc(F)cc4)cn3)C(=O)C3CCN3S(=O)(=O)c3c(F)c(F)c(F)c(F)c3F)ccc2c1=O. The van der Waals surface area contributed by atoms with E-state index >= 15 is 0 Å². The number of sulfonamides is 1. The van der Waals surface area contributed by atoms with E-state index in [0.29, 0.717) is 26.5 Å². The number of hydrogen-bond donors (Lipinski definition) is 0. The number of benzene rings is 3. The molecule has 0 bridgehead atoms. The molecule has 0 spiro atoms. The van der Waals surface area contributed by atoms with Gasteiger partial charge >= 0.3 is 0 Å². The lowest BCUT2D eigenvalue weighted by Gasteiger charge is -2.41. The van der Waals surface area contributed by atoms with Crippen molar-refractivity contribution in [1.29, 1.82) is 0 Å². The summed E-state index contributed by atoms with van der Waals surface area (Å²) in [7, 11) is -3.95. The first kappa shape index (κ1) is 31.9. The molecule has 1 aliphatic rings. The molecule has 1 saturated heterocycles. The molecule has 3 aromatic carbocycles. The van der Waals surface area contributed by atoms with Gasteiger partial charge in [0.2, 0.25) is 21.7 Å². The van der Waals surface area contributed by atoms with Crippen molar-refractivity contribution in [1.82, 2.24) is 19.1 Å². The molecule has 0 saturated carbocycles. The molecule has 9 nitrogen and oxygen atoms in total. The maximum atomic E-state index is 14.6. The van der Waals surface area contributed by atoms with Gasteiger partial charge in [-0.15, -0.1) is 0 Å². The van der Waals surface area contributed by atoms with Crippen molar-refractivity contribution in [2.45, 2.75) is 23.9 Å². The van der Waals surface area contributed by atoms with E-state index in [1.807, 2.05) is 0 Å². The minimum absolute atomic E-state index is 0.142. The molecule has 1 atom stereocenters. The van der Waals surface area contributed by atoms with Crippen LogP contribution in [0.3, 0.4) is 0 Å². The number of fused-ring (bicyclic) bond motifs is 1. The fraction of sp³-hybridized carbons (Fsp3) is 0.161. The van der Waals surface area contributed by atoms with E-state index in [0.717, 1.165) is 9.58 Å². The van der Waals surface area contributed by atoms with Gasteiger partial charge in [-0.25, -0.2) is 39.4 Å². The third-order valence-corrected chi connectivity index (χ3v) is 9.75. The Labute approximate surface area is 262 Å². The standard InChI is InChI=1S/C31H21F6N5O4S/c1-40-30(43)22-9-8-21(12-18(22)14-39-40)41(15-20-7-4-17(13-38-20)16-2-5-19(32)6-3-16)31(44)23-10-11-42(23)47(45,46)29-27(36)25(34)24(33)26(35)28(29)37/h2-9,12-14,23H,10-11,15H2,1H3. The molecule has 47 heavy (non-hydrogen) atoms. The summed E-state index contributed by atoms with van der Waals surface area (Å²) in [4.78, 5) is 30.0. The van der Waals surface area contributed by atoms with Gasteiger partial charge < -0.3 is 4.90 Å². The number of carbonyl (C=O) groups excluding carboxylic acids is 1. The molecular formula is C31H21F6N5O4S. The van der Waals surface area contributed by atoms with Gasteiger partial charge in [-0.2, -0.15) is 9.40 Å². The van der Waals surface area contributed by atoms with E-state index in [-0.39, 0.29) is 24.0 Å². The molecule has 1 fully saturated rings. The summed E-state index contributed by atoms with van der Waals surface area (Å²) >= 11 is 0. The summed E-state index contributed by atoms with van der Waals surface area (Å²) in [6.45, 7) is -0.715. The highest BCUT2D eigenvalue weighted by molar-refractivity contribution is 7.89. The maximum Gasteiger partial charge on any atom is 0.274 e. The Morgan fingerprint density at radius 3 is 2.11 bits per heavy atom. The quantitative estimate of drug-likeness (QED) is 0.139. The molecule has 6 rings (SSSR count). The number of rotatable bonds is 7. The minimum atomic E-state index is -5.40. The number of aryl methyl sites for hydroxylation is 1. The van der Waals surface area contributed by atoms with Gasteiger partial charge in [-0.1, -0.05) is 18.2 Å². The van der Waals surface area contributed by atoms with E-state index < -0.39 is 73.9 Å². The molecule has 3 heterocycles. The Balaban J connectivity index is 1.38. The van der Waals surface area contributed by atoms with Crippen molar-refractivity contribution in [3.63, 3.8) is 0 Å². The second-order valence-corrected chi connectivity index (χ2v) is 12.5. The van der Waals surface area contributed by atoms with Crippen LogP contribution >= 0.6 is 0 Å². The maximum absolute atomic E-state index is 14.6. The predicted octanol–water partition coefficient (Wildman–Crippen LogP) is 4.83. The van der Waals surface area contributed by atoms with Crippen molar-refractivity contribution < 1.29 is 39.6 Å². The number of hydrogen-bond acceptors (Lipinski definition) is 6. The van der Waals surface area contributed by atoms with Crippen LogP contribution in [0.25, 0.3) is 21.9 Å². The molecule has 242 valence electrons. The van der Waals surface area contributed by atoms with Crippen LogP contribution in [0.4, 0.5) is 32.0 Å². The van der Waals surface area contributed by atoms with Gasteiger partial charge in [0.25, 0.3) is 5.56 Å². The number of nitrogens with zero attached hydrogens (tertiary/aromatic N) is 5. The highest BCUT2D eigenvalue weighted by atomic mass is 32.2. The first-order valence-electron chi connectivity index (χ1n) is 13.8. The molecule has 16 heteroatoms. The third kappa shape index (κ3) is 5.52. The van der Waals surface area contributed by atoms with E-state index in [9.17, 15) is 44.3 Å². The molecule has 0 radical (unpaired) electrons. The zero-order chi connectivity index (χ0) is 33.8. The first-order valence-corrected chi connectivity index (χ1v) is 15.2. The van der Waals surface area contributed by atoms with Crippen LogP contribution < -0.4 is 10.5 Å². The fourth-order valence-corrected chi connectivity index (χ4v) is 6.93. The Hall–Kier alpha value is -5.09. The van der Waals surface area contributed by atoms with Crippen molar-refractivity contribution in [3.05, 3.63) is 118 Å². The van der Waals surface area contributed by atoms with Crippen LogP contribution in [-0.2, 0) is 28.4 Å². The van der Waals surface area contributed by atoms with E-state index in [2.05, 4.69) is 10.1 Å². The Morgan fingerprint density at radius 1 is 0.872 bits per heavy atom. The second kappa shape index (κ2) is 11.9. The summed E-state index contributed by atoms with van der Waals surface area (Å²) in [6, 6.07) is 11.6. The number of aromatic nitrogens is 3. The third-order valence-electron chi connectivity index (χ3n) is 7.82. The van der Waals surface area contributed by atoms with Crippen molar-refractivity contribution in [2.24, 2.45) is 7.05 Å². The van der Waals surface area contributed by atoms with Crippen molar-refractivity contribution >= 4 is 32.4 Å². The van der Waals surface area contributed by atoms with Crippen LogP contribution in [0.5, 0.6) is 0 Å². The molecule has 5 aromatic rings. The highest BCUT2D eigenvalue weighted by Gasteiger charge is 2.48. The lowest BCUT2D eigenvalue weighted by atomic mass is 10.0. The second-order valence-electron chi connectivity index (χ2n) is 10.6. The van der Waals surface area contributed by atoms with Gasteiger partial charge in [0.05, 0.1) is 23.8 Å². The molecule has 2 aromatic heterocycles. The van der Waals surface area contributed by atoms with Crippen LogP contribution in [0, 0.1) is 34.9 Å². The number of halogens is 6. The fourth-order valence-electron chi connectivity index (χ4n) is 5.19. The zero-order valence-corrected chi connectivity index (χ0v) is 24.9. The molecule has 1 aliphatic heterocycles. The normalized spacial score (nSPS) is 15.1. The number of pyridine rings is 1. The van der Waals surface area contributed by atoms with E-state index in [1.54, 1.807) is 24.3 Å². The largest absolute Gasteiger partial charge is 0.305 e. The Morgan fingerprint density at radius 2 is 1.51 bits per heavy atom. The average Bonchev–Trinajstić information content (AvgIpc) is 3.03. The monoisotopic (exact) mass is 673 g/mol. The van der Waals surface area contributed by atoms with Gasteiger partial charge in [-0.05, 0) is 48.4 Å². The van der Waals surface area contributed by atoms with Gasteiger partial charge in [-0.3, -0.25) is 14.6 Å². The van der Waals surface area contributed by atoms with Gasteiger partial charge in [0.15, 0.2) is 28.2 Å². The van der Waals surface area contributed by atoms with E-state index in [4.69, 9.17) is 0 Å².